The fraction of sp³-hybridized carbons (Fsp3) is 0.611. The van der Waals surface area contributed by atoms with E-state index in [0.717, 1.165) is 37.2 Å². The van der Waals surface area contributed by atoms with Gasteiger partial charge in [-0.2, -0.15) is 0 Å². The Bertz CT molecular complexity index is 536. The number of benzene rings is 1. The van der Waals surface area contributed by atoms with E-state index in [1.165, 1.54) is 24.8 Å². The van der Waals surface area contributed by atoms with Crippen LogP contribution in [0.25, 0.3) is 0 Å². The van der Waals surface area contributed by atoms with Crippen molar-refractivity contribution in [1.82, 2.24) is 0 Å². The Morgan fingerprint density at radius 3 is 2.95 bits per heavy atom. The average molecular weight is 286 g/mol. The number of nitrogens with one attached hydrogen (secondary N) is 2. The maximum atomic E-state index is 12.7. The molecular weight excluding hydrogens is 260 g/mol. The Kier molecular flexibility index (Phi) is 3.92. The van der Waals surface area contributed by atoms with Crippen LogP contribution in [0.15, 0.2) is 18.2 Å². The number of carbonyl (C=O) groups is 1. The second-order valence-electron chi connectivity index (χ2n) is 7.15. The van der Waals surface area contributed by atoms with Gasteiger partial charge in [0.1, 0.15) is 0 Å². The van der Waals surface area contributed by atoms with Gasteiger partial charge in [-0.05, 0) is 42.7 Å². The van der Waals surface area contributed by atoms with Crippen LogP contribution >= 0.6 is 0 Å². The fourth-order valence-corrected chi connectivity index (χ4v) is 3.81. The number of carbonyl (C=O) groups excluding carboxylic acids is 1. The molecule has 0 saturated heterocycles. The standard InChI is InChI=1S/C18H26N2O/c1-18(2)11-4-3-9-14(18)17(21)20-15-10-5-7-13-8-6-12-19-16(13)15/h5,7,10,14,19H,3-4,6,8-9,11-12H2,1-2H3,(H,20,21). The van der Waals surface area contributed by atoms with Crippen LogP contribution in [-0.4, -0.2) is 12.5 Å². The van der Waals surface area contributed by atoms with Crippen molar-refractivity contribution in [3.63, 3.8) is 0 Å². The van der Waals surface area contributed by atoms with Gasteiger partial charge in [-0.3, -0.25) is 4.79 Å². The smallest absolute Gasteiger partial charge is 0.228 e. The van der Waals surface area contributed by atoms with Gasteiger partial charge >= 0.3 is 0 Å². The Morgan fingerprint density at radius 1 is 1.29 bits per heavy atom. The summed E-state index contributed by atoms with van der Waals surface area (Å²) in [6, 6.07) is 6.22. The highest BCUT2D eigenvalue weighted by Gasteiger charge is 2.37. The lowest BCUT2D eigenvalue weighted by Gasteiger charge is -2.37. The summed E-state index contributed by atoms with van der Waals surface area (Å²) in [6.45, 7) is 5.46. The molecule has 1 aliphatic heterocycles. The Morgan fingerprint density at radius 2 is 2.14 bits per heavy atom. The third-order valence-electron chi connectivity index (χ3n) is 5.16. The Balaban J connectivity index is 1.79. The number of para-hydroxylation sites is 1. The van der Waals surface area contributed by atoms with E-state index in [0.29, 0.717) is 0 Å². The van der Waals surface area contributed by atoms with Crippen LogP contribution in [0.5, 0.6) is 0 Å². The van der Waals surface area contributed by atoms with E-state index in [9.17, 15) is 4.79 Å². The van der Waals surface area contributed by atoms with E-state index in [1.54, 1.807) is 0 Å². The maximum Gasteiger partial charge on any atom is 0.228 e. The van der Waals surface area contributed by atoms with E-state index in [2.05, 4.69) is 30.5 Å². The molecule has 1 aromatic carbocycles. The minimum atomic E-state index is 0.116. The van der Waals surface area contributed by atoms with E-state index in [-0.39, 0.29) is 17.2 Å². The van der Waals surface area contributed by atoms with Crippen LogP contribution in [0.1, 0.15) is 51.5 Å². The summed E-state index contributed by atoms with van der Waals surface area (Å²) in [7, 11) is 0. The molecule has 3 nitrogen and oxygen atoms in total. The normalized spacial score (nSPS) is 23.8. The SMILES string of the molecule is CC1(C)CCCCC1C(=O)Nc1cccc2c1NCCC2. The molecule has 1 atom stereocenters. The third-order valence-corrected chi connectivity index (χ3v) is 5.16. The Hall–Kier alpha value is -1.51. The third kappa shape index (κ3) is 2.92. The van der Waals surface area contributed by atoms with Gasteiger partial charge in [-0.1, -0.05) is 38.8 Å². The highest BCUT2D eigenvalue weighted by molar-refractivity contribution is 5.96. The number of aryl methyl sites for hydroxylation is 1. The van der Waals surface area contributed by atoms with E-state index >= 15 is 0 Å². The van der Waals surface area contributed by atoms with Crippen LogP contribution in [0, 0.1) is 11.3 Å². The lowest BCUT2D eigenvalue weighted by atomic mass is 9.68. The molecule has 1 saturated carbocycles. The molecule has 1 heterocycles. The van der Waals surface area contributed by atoms with Crippen molar-refractivity contribution >= 4 is 17.3 Å². The molecule has 0 radical (unpaired) electrons. The summed E-state index contributed by atoms with van der Waals surface area (Å²) >= 11 is 0. The number of amides is 1. The van der Waals surface area contributed by atoms with Gasteiger partial charge < -0.3 is 10.6 Å². The quantitative estimate of drug-likeness (QED) is 0.855. The molecule has 2 N–H and O–H groups in total. The molecule has 3 heteroatoms. The summed E-state index contributed by atoms with van der Waals surface area (Å²) in [5.41, 5.74) is 3.52. The summed E-state index contributed by atoms with van der Waals surface area (Å²) in [5, 5.41) is 6.64. The van der Waals surface area contributed by atoms with Crippen molar-refractivity contribution in [3.05, 3.63) is 23.8 Å². The summed E-state index contributed by atoms with van der Waals surface area (Å²) in [5.74, 6) is 0.325. The largest absolute Gasteiger partial charge is 0.383 e. The van der Waals surface area contributed by atoms with Crippen LogP contribution in [0.3, 0.4) is 0 Å². The molecule has 0 bridgehead atoms. The van der Waals surface area contributed by atoms with Gasteiger partial charge in [0.05, 0.1) is 11.4 Å². The zero-order chi connectivity index (χ0) is 14.9. The zero-order valence-electron chi connectivity index (χ0n) is 13.2. The molecule has 1 unspecified atom stereocenters. The summed E-state index contributed by atoms with van der Waals surface area (Å²) < 4.78 is 0. The first-order valence-corrected chi connectivity index (χ1v) is 8.24. The number of anilines is 2. The second kappa shape index (κ2) is 5.70. The number of fused-ring (bicyclic) bond motifs is 1. The first-order chi connectivity index (χ1) is 10.1. The minimum absolute atomic E-state index is 0.116. The molecule has 1 fully saturated rings. The molecule has 3 rings (SSSR count). The van der Waals surface area contributed by atoms with Gasteiger partial charge in [-0.25, -0.2) is 0 Å². The highest BCUT2D eigenvalue weighted by Crippen LogP contribution is 2.41. The van der Waals surface area contributed by atoms with Crippen molar-refractivity contribution in [3.8, 4) is 0 Å². The fourth-order valence-electron chi connectivity index (χ4n) is 3.81. The summed E-state index contributed by atoms with van der Waals surface area (Å²) in [4.78, 5) is 12.7. The zero-order valence-corrected chi connectivity index (χ0v) is 13.2. The lowest BCUT2D eigenvalue weighted by Crippen LogP contribution is -2.37. The highest BCUT2D eigenvalue weighted by atomic mass is 16.1. The monoisotopic (exact) mass is 286 g/mol. The molecule has 1 aromatic rings. The molecule has 114 valence electrons. The van der Waals surface area contributed by atoms with Crippen LogP contribution < -0.4 is 10.6 Å². The predicted molar refractivity (Wildman–Crippen MR) is 87.6 cm³/mol. The molecule has 0 aromatic heterocycles. The predicted octanol–water partition coefficient (Wildman–Crippen LogP) is 4.20. The van der Waals surface area contributed by atoms with Gasteiger partial charge in [0.15, 0.2) is 0 Å². The van der Waals surface area contributed by atoms with Crippen molar-refractivity contribution in [2.75, 3.05) is 17.2 Å². The molecule has 1 aliphatic carbocycles. The lowest BCUT2D eigenvalue weighted by molar-refractivity contribution is -0.124. The second-order valence-corrected chi connectivity index (χ2v) is 7.15. The molecule has 21 heavy (non-hydrogen) atoms. The van der Waals surface area contributed by atoms with Gasteiger partial charge in [0, 0.05) is 12.5 Å². The van der Waals surface area contributed by atoms with Crippen molar-refractivity contribution in [2.24, 2.45) is 11.3 Å². The van der Waals surface area contributed by atoms with Crippen molar-refractivity contribution in [2.45, 2.75) is 52.4 Å². The topological polar surface area (TPSA) is 41.1 Å². The molecule has 0 spiro atoms. The van der Waals surface area contributed by atoms with Crippen molar-refractivity contribution < 1.29 is 4.79 Å². The number of hydrogen-bond donors (Lipinski definition) is 2. The number of rotatable bonds is 2. The molecule has 1 amide bonds. The molecular formula is C18H26N2O. The Labute approximate surface area is 127 Å². The first-order valence-electron chi connectivity index (χ1n) is 8.24. The minimum Gasteiger partial charge on any atom is -0.383 e. The summed E-state index contributed by atoms with van der Waals surface area (Å²) in [6.07, 6.45) is 6.85. The van der Waals surface area contributed by atoms with E-state index < -0.39 is 0 Å². The average Bonchev–Trinajstić information content (AvgIpc) is 2.47. The first kappa shape index (κ1) is 14.4. The van der Waals surface area contributed by atoms with Crippen LogP contribution in [0.4, 0.5) is 11.4 Å². The van der Waals surface area contributed by atoms with Gasteiger partial charge in [0.25, 0.3) is 0 Å². The van der Waals surface area contributed by atoms with Crippen molar-refractivity contribution in [1.29, 1.82) is 0 Å². The van der Waals surface area contributed by atoms with Crippen LogP contribution in [0.2, 0.25) is 0 Å². The van der Waals surface area contributed by atoms with E-state index in [4.69, 9.17) is 0 Å². The number of hydrogen-bond acceptors (Lipinski definition) is 2. The van der Waals surface area contributed by atoms with Gasteiger partial charge in [0.2, 0.25) is 5.91 Å². The van der Waals surface area contributed by atoms with Crippen LogP contribution in [-0.2, 0) is 11.2 Å². The molecule has 2 aliphatic rings. The van der Waals surface area contributed by atoms with E-state index in [1.807, 2.05) is 12.1 Å². The maximum absolute atomic E-state index is 12.7. The van der Waals surface area contributed by atoms with Gasteiger partial charge in [-0.15, -0.1) is 0 Å².